The van der Waals surface area contributed by atoms with Gasteiger partial charge in [-0.1, -0.05) is 20.8 Å². The molecule has 0 fully saturated rings. The number of aromatic nitrogens is 3. The summed E-state index contributed by atoms with van der Waals surface area (Å²) in [5.41, 5.74) is 2.66. The van der Waals surface area contributed by atoms with E-state index in [2.05, 4.69) is 60.3 Å². The molecule has 21 heavy (non-hydrogen) atoms. The van der Waals surface area contributed by atoms with Crippen molar-refractivity contribution in [1.29, 1.82) is 0 Å². The molecule has 116 valence electrons. The highest BCUT2D eigenvalue weighted by Gasteiger charge is 2.18. The molecule has 0 unspecified atom stereocenters. The lowest BCUT2D eigenvalue weighted by molar-refractivity contribution is 0.437. The normalized spacial score (nSPS) is 13.0. The maximum absolute atomic E-state index is 4.30. The van der Waals surface area contributed by atoms with Crippen molar-refractivity contribution < 1.29 is 0 Å². The first kappa shape index (κ1) is 15.8. The minimum Gasteiger partial charge on any atom is -0.354 e. The molecule has 1 atom stereocenters. The molecule has 4 nitrogen and oxygen atoms in total. The van der Waals surface area contributed by atoms with Crippen molar-refractivity contribution in [3.63, 3.8) is 0 Å². The number of hydrogen-bond acceptors (Lipinski definition) is 2. The summed E-state index contributed by atoms with van der Waals surface area (Å²) in [4.78, 5) is 0. The minimum absolute atomic E-state index is 0.496. The van der Waals surface area contributed by atoms with Gasteiger partial charge >= 0.3 is 0 Å². The monoisotopic (exact) mass is 288 g/mol. The molecule has 1 N–H and O–H groups in total. The van der Waals surface area contributed by atoms with Gasteiger partial charge in [-0.25, -0.2) is 0 Å². The second kappa shape index (κ2) is 7.46. The predicted molar refractivity (Wildman–Crippen MR) is 87.2 cm³/mol. The van der Waals surface area contributed by atoms with Gasteiger partial charge in [0.05, 0.1) is 0 Å². The molecule has 2 heterocycles. The van der Waals surface area contributed by atoms with Crippen LogP contribution in [0.5, 0.6) is 0 Å². The molecule has 0 saturated heterocycles. The van der Waals surface area contributed by atoms with Crippen molar-refractivity contribution in [3.05, 3.63) is 42.0 Å². The number of nitrogens with one attached hydrogen (secondary N) is 1. The van der Waals surface area contributed by atoms with Gasteiger partial charge in [0.1, 0.15) is 0 Å². The summed E-state index contributed by atoms with van der Waals surface area (Å²) in [6, 6.07) is 4.33. The molecule has 0 aromatic carbocycles. The largest absolute Gasteiger partial charge is 0.354 e. The van der Waals surface area contributed by atoms with E-state index in [1.165, 1.54) is 17.7 Å². The molecule has 0 aliphatic heterocycles. The number of nitrogens with zero attached hydrogens (tertiary/aromatic N) is 3. The molecule has 2 aromatic heterocycles. The number of rotatable bonds is 8. The minimum atomic E-state index is 0.496. The summed E-state index contributed by atoms with van der Waals surface area (Å²) < 4.78 is 4.25. The van der Waals surface area contributed by atoms with Crippen molar-refractivity contribution >= 4 is 0 Å². The Morgan fingerprint density at radius 3 is 2.71 bits per heavy atom. The molecule has 0 aliphatic carbocycles. The lowest BCUT2D eigenvalue weighted by Gasteiger charge is -2.21. The van der Waals surface area contributed by atoms with E-state index in [1.54, 1.807) is 0 Å². The average Bonchev–Trinajstić information content (AvgIpc) is 3.04. The SMILES string of the molecule is CCCn1ccc(CNC[C@H](c2ccnn2C)C(C)C)c1. The highest BCUT2D eigenvalue weighted by atomic mass is 15.3. The second-order valence-corrected chi connectivity index (χ2v) is 6.12. The molecule has 0 radical (unpaired) electrons. The lowest BCUT2D eigenvalue weighted by atomic mass is 9.92. The molecule has 0 amide bonds. The van der Waals surface area contributed by atoms with E-state index in [0.717, 1.165) is 19.6 Å². The van der Waals surface area contributed by atoms with Crippen LogP contribution in [-0.2, 0) is 20.1 Å². The summed E-state index contributed by atoms with van der Waals surface area (Å²) >= 11 is 0. The molecule has 2 rings (SSSR count). The third kappa shape index (κ3) is 4.21. The fourth-order valence-electron chi connectivity index (χ4n) is 2.79. The van der Waals surface area contributed by atoms with E-state index in [4.69, 9.17) is 0 Å². The van der Waals surface area contributed by atoms with E-state index < -0.39 is 0 Å². The van der Waals surface area contributed by atoms with Gasteiger partial charge in [-0.15, -0.1) is 0 Å². The van der Waals surface area contributed by atoms with Crippen LogP contribution >= 0.6 is 0 Å². The van der Waals surface area contributed by atoms with Crippen LogP contribution in [0.15, 0.2) is 30.7 Å². The van der Waals surface area contributed by atoms with Crippen molar-refractivity contribution in [2.24, 2.45) is 13.0 Å². The first-order valence-corrected chi connectivity index (χ1v) is 7.95. The fraction of sp³-hybridized carbons (Fsp3) is 0.588. The Bertz CT molecular complexity index is 538. The van der Waals surface area contributed by atoms with Crippen LogP contribution in [0.3, 0.4) is 0 Å². The van der Waals surface area contributed by atoms with Gasteiger partial charge in [-0.2, -0.15) is 5.10 Å². The highest BCUT2D eigenvalue weighted by molar-refractivity contribution is 5.12. The summed E-state index contributed by atoms with van der Waals surface area (Å²) in [5.74, 6) is 1.09. The molecule has 4 heteroatoms. The Hall–Kier alpha value is -1.55. The number of aryl methyl sites for hydroxylation is 2. The van der Waals surface area contributed by atoms with Gasteiger partial charge in [0.25, 0.3) is 0 Å². The molecular formula is C17H28N4. The van der Waals surface area contributed by atoms with Gasteiger partial charge < -0.3 is 9.88 Å². The van der Waals surface area contributed by atoms with Gasteiger partial charge in [-0.3, -0.25) is 4.68 Å². The highest BCUT2D eigenvalue weighted by Crippen LogP contribution is 2.23. The lowest BCUT2D eigenvalue weighted by Crippen LogP contribution is -2.26. The van der Waals surface area contributed by atoms with Crippen LogP contribution in [0.4, 0.5) is 0 Å². The van der Waals surface area contributed by atoms with E-state index in [9.17, 15) is 0 Å². The van der Waals surface area contributed by atoms with Crippen LogP contribution in [0.2, 0.25) is 0 Å². The zero-order valence-electron chi connectivity index (χ0n) is 13.7. The summed E-state index contributed by atoms with van der Waals surface area (Å²) in [6.07, 6.45) is 7.47. The second-order valence-electron chi connectivity index (χ2n) is 6.12. The molecule has 0 aliphatic rings. The molecular weight excluding hydrogens is 260 g/mol. The maximum Gasteiger partial charge on any atom is 0.0492 e. The third-order valence-electron chi connectivity index (χ3n) is 4.03. The smallest absolute Gasteiger partial charge is 0.0492 e. The molecule has 0 spiro atoms. The van der Waals surface area contributed by atoms with E-state index >= 15 is 0 Å². The van der Waals surface area contributed by atoms with Crippen LogP contribution in [-0.4, -0.2) is 20.9 Å². The summed E-state index contributed by atoms with van der Waals surface area (Å²) in [5, 5.41) is 7.90. The predicted octanol–water partition coefficient (Wildman–Crippen LogP) is 3.16. The maximum atomic E-state index is 4.30. The van der Waals surface area contributed by atoms with Gasteiger partial charge in [0.2, 0.25) is 0 Å². The van der Waals surface area contributed by atoms with E-state index in [0.29, 0.717) is 11.8 Å². The van der Waals surface area contributed by atoms with Crippen LogP contribution < -0.4 is 5.32 Å². The Labute approximate surface area is 128 Å². The van der Waals surface area contributed by atoms with Crippen molar-refractivity contribution in [3.8, 4) is 0 Å². The van der Waals surface area contributed by atoms with Crippen molar-refractivity contribution in [1.82, 2.24) is 19.7 Å². The average molecular weight is 288 g/mol. The zero-order valence-corrected chi connectivity index (χ0v) is 13.7. The first-order chi connectivity index (χ1) is 10.1. The topological polar surface area (TPSA) is 34.8 Å². The van der Waals surface area contributed by atoms with Crippen LogP contribution in [0.25, 0.3) is 0 Å². The van der Waals surface area contributed by atoms with E-state index in [1.807, 2.05) is 17.9 Å². The molecule has 0 saturated carbocycles. The summed E-state index contributed by atoms with van der Waals surface area (Å²) in [6.45, 7) is 9.77. The van der Waals surface area contributed by atoms with Crippen molar-refractivity contribution in [2.75, 3.05) is 6.54 Å². The van der Waals surface area contributed by atoms with Gasteiger partial charge in [0.15, 0.2) is 0 Å². The van der Waals surface area contributed by atoms with Crippen LogP contribution in [0, 0.1) is 5.92 Å². The van der Waals surface area contributed by atoms with Crippen LogP contribution in [0.1, 0.15) is 44.4 Å². The third-order valence-corrected chi connectivity index (χ3v) is 4.03. The Morgan fingerprint density at radius 2 is 2.10 bits per heavy atom. The standard InChI is InChI=1S/C17H28N4/c1-5-9-21-10-7-15(13-21)11-18-12-16(14(2)3)17-6-8-19-20(17)4/h6-8,10,13-14,16,18H,5,9,11-12H2,1-4H3/t16-/m0/s1. The van der Waals surface area contributed by atoms with E-state index in [-0.39, 0.29) is 0 Å². The van der Waals surface area contributed by atoms with Gasteiger partial charge in [-0.05, 0) is 30.0 Å². The summed E-state index contributed by atoms with van der Waals surface area (Å²) in [7, 11) is 2.02. The molecule has 0 bridgehead atoms. The van der Waals surface area contributed by atoms with Gasteiger partial charge in [0, 0.05) is 56.9 Å². The zero-order chi connectivity index (χ0) is 15.2. The fourth-order valence-corrected chi connectivity index (χ4v) is 2.79. The number of hydrogen-bond donors (Lipinski definition) is 1. The first-order valence-electron chi connectivity index (χ1n) is 7.95. The molecule has 2 aromatic rings. The quantitative estimate of drug-likeness (QED) is 0.809. The Balaban J connectivity index is 1.89. The Morgan fingerprint density at radius 1 is 1.29 bits per heavy atom. The Kier molecular flexibility index (Phi) is 5.62. The van der Waals surface area contributed by atoms with Crippen molar-refractivity contribution in [2.45, 2.75) is 46.2 Å².